The van der Waals surface area contributed by atoms with E-state index in [1.54, 1.807) is 0 Å². The van der Waals surface area contributed by atoms with E-state index in [9.17, 15) is 18.0 Å². The largest absolute Gasteiger partial charge is 0.434 e. The van der Waals surface area contributed by atoms with E-state index in [4.69, 9.17) is 11.6 Å². The van der Waals surface area contributed by atoms with Gasteiger partial charge in [0.1, 0.15) is 5.82 Å². The standard InChI is InChI=1S/C14H8ClF3N6O/c15-8-2-3-10(21-6-8)23-12(25)9-7-22-24(11(9)14(16,17)18)13-19-4-1-5-20-13/h1-7H,(H,21,23,25). The van der Waals surface area contributed by atoms with Gasteiger partial charge in [0, 0.05) is 18.6 Å². The highest BCUT2D eigenvalue weighted by molar-refractivity contribution is 6.30. The van der Waals surface area contributed by atoms with E-state index >= 15 is 0 Å². The van der Waals surface area contributed by atoms with Gasteiger partial charge in [0.25, 0.3) is 11.9 Å². The number of nitrogens with zero attached hydrogens (tertiary/aromatic N) is 5. The van der Waals surface area contributed by atoms with Gasteiger partial charge in [-0.25, -0.2) is 15.0 Å². The van der Waals surface area contributed by atoms with Crippen LogP contribution in [-0.4, -0.2) is 30.6 Å². The van der Waals surface area contributed by atoms with Crippen LogP contribution in [0.5, 0.6) is 0 Å². The molecule has 0 saturated heterocycles. The van der Waals surface area contributed by atoms with Crippen LogP contribution in [0.3, 0.4) is 0 Å². The molecule has 0 spiro atoms. The molecule has 0 fully saturated rings. The highest BCUT2D eigenvalue weighted by atomic mass is 35.5. The van der Waals surface area contributed by atoms with Crippen LogP contribution in [-0.2, 0) is 6.18 Å². The van der Waals surface area contributed by atoms with Crippen LogP contribution >= 0.6 is 11.6 Å². The summed E-state index contributed by atoms with van der Waals surface area (Å²) in [6.07, 6.45) is -0.271. The zero-order chi connectivity index (χ0) is 18.0. The third kappa shape index (κ3) is 3.58. The van der Waals surface area contributed by atoms with E-state index in [2.05, 4.69) is 25.4 Å². The highest BCUT2D eigenvalue weighted by Crippen LogP contribution is 2.33. The molecule has 128 valence electrons. The van der Waals surface area contributed by atoms with Crippen LogP contribution < -0.4 is 5.32 Å². The van der Waals surface area contributed by atoms with Crippen LogP contribution in [0.4, 0.5) is 19.0 Å². The van der Waals surface area contributed by atoms with Crippen molar-refractivity contribution in [2.75, 3.05) is 5.32 Å². The number of nitrogens with one attached hydrogen (secondary N) is 1. The lowest BCUT2D eigenvalue weighted by molar-refractivity contribution is -0.143. The van der Waals surface area contributed by atoms with Crippen molar-refractivity contribution in [3.05, 3.63) is 59.3 Å². The van der Waals surface area contributed by atoms with Crippen LogP contribution in [0.15, 0.2) is 43.0 Å². The minimum absolute atomic E-state index is 0.0474. The van der Waals surface area contributed by atoms with Gasteiger partial charge < -0.3 is 5.32 Å². The Kier molecular flexibility index (Phi) is 4.36. The minimum Gasteiger partial charge on any atom is -0.306 e. The van der Waals surface area contributed by atoms with Crippen molar-refractivity contribution in [3.8, 4) is 5.95 Å². The van der Waals surface area contributed by atoms with Crippen LogP contribution in [0.25, 0.3) is 5.95 Å². The number of alkyl halides is 3. The highest BCUT2D eigenvalue weighted by Gasteiger charge is 2.41. The smallest absolute Gasteiger partial charge is 0.306 e. The van der Waals surface area contributed by atoms with Crippen LogP contribution in [0.1, 0.15) is 16.1 Å². The van der Waals surface area contributed by atoms with Crippen molar-refractivity contribution in [1.29, 1.82) is 0 Å². The molecule has 3 rings (SSSR count). The van der Waals surface area contributed by atoms with Crippen molar-refractivity contribution >= 4 is 23.3 Å². The normalized spacial score (nSPS) is 11.4. The molecular weight excluding hydrogens is 361 g/mol. The molecule has 0 saturated carbocycles. The van der Waals surface area contributed by atoms with Crippen molar-refractivity contribution < 1.29 is 18.0 Å². The lowest BCUT2D eigenvalue weighted by Gasteiger charge is -2.11. The van der Waals surface area contributed by atoms with E-state index in [-0.39, 0.29) is 11.8 Å². The molecular formula is C14H8ClF3N6O. The number of aromatic nitrogens is 5. The fraction of sp³-hybridized carbons (Fsp3) is 0.0714. The fourth-order valence-corrected chi connectivity index (χ4v) is 2.08. The molecule has 3 heterocycles. The average Bonchev–Trinajstić information content (AvgIpc) is 3.03. The second-order valence-corrected chi connectivity index (χ2v) is 5.12. The topological polar surface area (TPSA) is 85.6 Å². The van der Waals surface area contributed by atoms with Crippen LogP contribution in [0.2, 0.25) is 5.02 Å². The summed E-state index contributed by atoms with van der Waals surface area (Å²) in [6.45, 7) is 0. The molecule has 0 aromatic carbocycles. The summed E-state index contributed by atoms with van der Waals surface area (Å²) in [7, 11) is 0. The van der Waals surface area contributed by atoms with Gasteiger partial charge in [0.05, 0.1) is 16.8 Å². The molecule has 3 aromatic heterocycles. The number of carbonyl (C=O) groups is 1. The first-order valence-electron chi connectivity index (χ1n) is 6.72. The van der Waals surface area contributed by atoms with E-state index in [1.807, 2.05) is 0 Å². The number of carbonyl (C=O) groups excluding carboxylic acids is 1. The Morgan fingerprint density at radius 2 is 1.84 bits per heavy atom. The Morgan fingerprint density at radius 3 is 2.44 bits per heavy atom. The lowest BCUT2D eigenvalue weighted by Crippen LogP contribution is -2.21. The Labute approximate surface area is 143 Å². The maximum absolute atomic E-state index is 13.5. The first kappa shape index (κ1) is 16.8. The molecule has 0 radical (unpaired) electrons. The quantitative estimate of drug-likeness (QED) is 0.768. The van der Waals surface area contributed by atoms with E-state index in [0.29, 0.717) is 9.70 Å². The monoisotopic (exact) mass is 368 g/mol. The molecule has 0 bridgehead atoms. The second kappa shape index (κ2) is 6.48. The first-order valence-corrected chi connectivity index (χ1v) is 7.09. The molecule has 0 aliphatic heterocycles. The van der Waals surface area contributed by atoms with Crippen molar-refractivity contribution in [3.63, 3.8) is 0 Å². The third-order valence-corrected chi connectivity index (χ3v) is 3.22. The van der Waals surface area contributed by atoms with E-state index in [0.717, 1.165) is 6.20 Å². The molecule has 0 aliphatic carbocycles. The van der Waals surface area contributed by atoms with Crippen molar-refractivity contribution in [2.24, 2.45) is 0 Å². The molecule has 0 aliphatic rings. The second-order valence-electron chi connectivity index (χ2n) is 4.68. The molecule has 25 heavy (non-hydrogen) atoms. The average molecular weight is 369 g/mol. The fourth-order valence-electron chi connectivity index (χ4n) is 1.97. The van der Waals surface area contributed by atoms with E-state index < -0.39 is 23.3 Å². The Morgan fingerprint density at radius 1 is 1.12 bits per heavy atom. The summed E-state index contributed by atoms with van der Waals surface area (Å²) in [6, 6.07) is 4.24. The molecule has 7 nitrogen and oxygen atoms in total. The van der Waals surface area contributed by atoms with Gasteiger partial charge >= 0.3 is 6.18 Å². The van der Waals surface area contributed by atoms with Crippen molar-refractivity contribution in [1.82, 2.24) is 24.7 Å². The number of anilines is 1. The van der Waals surface area contributed by atoms with Gasteiger partial charge in [-0.1, -0.05) is 11.6 Å². The van der Waals surface area contributed by atoms with Gasteiger partial charge in [0.15, 0.2) is 5.69 Å². The Hall–Kier alpha value is -3.01. The molecule has 0 atom stereocenters. The number of rotatable bonds is 3. The Balaban J connectivity index is 2.00. The maximum Gasteiger partial charge on any atom is 0.434 e. The molecule has 11 heteroatoms. The SMILES string of the molecule is O=C(Nc1ccc(Cl)cn1)c1cnn(-c2ncccn2)c1C(F)(F)F. The predicted molar refractivity (Wildman–Crippen MR) is 81.4 cm³/mol. The van der Waals surface area contributed by atoms with Gasteiger partial charge in [-0.3, -0.25) is 4.79 Å². The third-order valence-electron chi connectivity index (χ3n) is 2.99. The number of amides is 1. The van der Waals surface area contributed by atoms with Gasteiger partial charge in [-0.2, -0.15) is 23.0 Å². The molecule has 1 N–H and O–H groups in total. The lowest BCUT2D eigenvalue weighted by atomic mass is 10.2. The molecule has 3 aromatic rings. The summed E-state index contributed by atoms with van der Waals surface area (Å²) in [5.74, 6) is -1.28. The van der Waals surface area contributed by atoms with Crippen molar-refractivity contribution in [2.45, 2.75) is 6.18 Å². The van der Waals surface area contributed by atoms with Gasteiger partial charge in [-0.15, -0.1) is 0 Å². The first-order chi connectivity index (χ1) is 11.9. The summed E-state index contributed by atoms with van der Waals surface area (Å²) in [5.41, 5.74) is -1.97. The number of pyridine rings is 1. The maximum atomic E-state index is 13.5. The van der Waals surface area contributed by atoms with E-state index in [1.165, 1.54) is 36.8 Å². The van der Waals surface area contributed by atoms with Crippen LogP contribution in [0, 0.1) is 0 Å². The van der Waals surface area contributed by atoms with Gasteiger partial charge in [0.2, 0.25) is 0 Å². The Bertz CT molecular complexity index is 895. The summed E-state index contributed by atoms with van der Waals surface area (Å²) >= 11 is 5.67. The number of hydrogen-bond donors (Lipinski definition) is 1. The summed E-state index contributed by atoms with van der Waals surface area (Å²) in [5, 5.41) is 6.18. The molecule has 1 amide bonds. The summed E-state index contributed by atoms with van der Waals surface area (Å²) in [4.78, 5) is 23.5. The zero-order valence-electron chi connectivity index (χ0n) is 12.2. The molecule has 0 unspecified atom stereocenters. The number of hydrogen-bond acceptors (Lipinski definition) is 5. The predicted octanol–water partition coefficient (Wildman–Crippen LogP) is 2.98. The zero-order valence-corrected chi connectivity index (χ0v) is 13.0. The number of halogens is 4. The summed E-state index contributed by atoms with van der Waals surface area (Å²) < 4.78 is 40.8. The minimum atomic E-state index is -4.85. The van der Waals surface area contributed by atoms with Gasteiger partial charge in [-0.05, 0) is 18.2 Å².